The van der Waals surface area contributed by atoms with E-state index in [1.165, 1.54) is 19.3 Å². The molecule has 2 aromatic heterocycles. The molecule has 1 fully saturated rings. The number of hydrogen-bond donors (Lipinski definition) is 2. The molecule has 1 aliphatic carbocycles. The van der Waals surface area contributed by atoms with Gasteiger partial charge in [0, 0.05) is 25.9 Å². The lowest BCUT2D eigenvalue weighted by molar-refractivity contribution is 0.0897. The first kappa shape index (κ1) is 21.3. The fraction of sp³-hybridized carbons (Fsp3) is 0.458. The summed E-state index contributed by atoms with van der Waals surface area (Å²) in [5.41, 5.74) is 3.19. The summed E-state index contributed by atoms with van der Waals surface area (Å²) in [6, 6.07) is 10.0. The highest BCUT2D eigenvalue weighted by molar-refractivity contribution is 6.06. The summed E-state index contributed by atoms with van der Waals surface area (Å²) in [5.74, 6) is -0.164. The summed E-state index contributed by atoms with van der Waals surface area (Å²) in [6.45, 7) is 3.16. The Bertz CT molecular complexity index is 1010. The maximum absolute atomic E-state index is 13.4. The molecule has 0 unspecified atom stereocenters. The molecule has 1 aromatic carbocycles. The second kappa shape index (κ2) is 9.92. The molecular formula is C24H31N5O2. The van der Waals surface area contributed by atoms with E-state index in [0.717, 1.165) is 41.7 Å². The molecule has 1 saturated carbocycles. The molecule has 2 N–H and O–H groups in total. The summed E-state index contributed by atoms with van der Waals surface area (Å²) in [7, 11) is 1.64. The van der Waals surface area contributed by atoms with Crippen LogP contribution in [0.15, 0.2) is 42.7 Å². The van der Waals surface area contributed by atoms with Crippen molar-refractivity contribution in [2.45, 2.75) is 57.7 Å². The third-order valence-corrected chi connectivity index (χ3v) is 6.00. The van der Waals surface area contributed by atoms with Crippen LogP contribution >= 0.6 is 0 Å². The van der Waals surface area contributed by atoms with Crippen molar-refractivity contribution in [3.8, 4) is 0 Å². The number of nitrogens with one attached hydrogen (secondary N) is 2. The molecule has 7 heteroatoms. The number of ether oxygens (including phenoxy) is 1. The zero-order valence-corrected chi connectivity index (χ0v) is 18.3. The molecular weight excluding hydrogens is 390 g/mol. The second-order valence-electron chi connectivity index (χ2n) is 8.12. The Kier molecular flexibility index (Phi) is 6.82. The van der Waals surface area contributed by atoms with Gasteiger partial charge in [-0.25, -0.2) is 9.67 Å². The number of rotatable bonds is 8. The molecule has 0 aliphatic heterocycles. The van der Waals surface area contributed by atoms with Crippen LogP contribution in [0.1, 0.15) is 61.0 Å². The first-order chi connectivity index (χ1) is 15.2. The van der Waals surface area contributed by atoms with E-state index in [1.54, 1.807) is 13.3 Å². The molecule has 4 rings (SSSR count). The number of amides is 1. The number of pyridine rings is 1. The van der Waals surface area contributed by atoms with Crippen molar-refractivity contribution in [1.29, 1.82) is 0 Å². The van der Waals surface area contributed by atoms with Gasteiger partial charge < -0.3 is 15.4 Å². The lowest BCUT2D eigenvalue weighted by Crippen LogP contribution is -2.32. The van der Waals surface area contributed by atoms with Gasteiger partial charge in [0.1, 0.15) is 0 Å². The van der Waals surface area contributed by atoms with E-state index in [2.05, 4.69) is 20.7 Å². The van der Waals surface area contributed by atoms with Crippen LogP contribution in [0.3, 0.4) is 0 Å². The van der Waals surface area contributed by atoms with Crippen LogP contribution in [-0.4, -0.2) is 40.4 Å². The van der Waals surface area contributed by atoms with E-state index in [0.29, 0.717) is 18.2 Å². The van der Waals surface area contributed by atoms with Crippen molar-refractivity contribution >= 4 is 22.6 Å². The fourth-order valence-corrected chi connectivity index (χ4v) is 4.35. The minimum absolute atomic E-state index is 0.164. The van der Waals surface area contributed by atoms with Gasteiger partial charge in [-0.2, -0.15) is 5.10 Å². The standard InChI is InChI=1S/C24H31N5O2/c1-3-29-23-19(15-26-29)22(27-18-12-8-5-9-13-18)20(14-25-23)24(30)28-21(16-31-2)17-10-6-4-7-11-17/h4,6-7,10-11,14-15,18,21H,3,5,8-9,12-13,16H2,1-2H3,(H,25,27)(H,28,30)/t21-/m1/s1. The zero-order valence-electron chi connectivity index (χ0n) is 18.3. The van der Waals surface area contributed by atoms with E-state index in [4.69, 9.17) is 4.74 Å². The van der Waals surface area contributed by atoms with Crippen LogP contribution in [0.25, 0.3) is 11.0 Å². The van der Waals surface area contributed by atoms with Gasteiger partial charge in [-0.15, -0.1) is 0 Å². The molecule has 0 radical (unpaired) electrons. The van der Waals surface area contributed by atoms with Gasteiger partial charge in [0.15, 0.2) is 5.65 Å². The Morgan fingerprint density at radius 3 is 2.68 bits per heavy atom. The molecule has 2 heterocycles. The number of benzene rings is 1. The third-order valence-electron chi connectivity index (χ3n) is 6.00. The SMILES string of the molecule is CCn1ncc2c(NC3CCCCC3)c(C(=O)N[C@H](COC)c3ccccc3)cnc21. The largest absolute Gasteiger partial charge is 0.382 e. The highest BCUT2D eigenvalue weighted by Crippen LogP contribution is 2.30. The van der Waals surface area contributed by atoms with Crippen LogP contribution in [0.4, 0.5) is 5.69 Å². The number of fused-ring (bicyclic) bond motifs is 1. The molecule has 1 aliphatic rings. The van der Waals surface area contributed by atoms with Gasteiger partial charge in [-0.05, 0) is 25.3 Å². The topological polar surface area (TPSA) is 81.1 Å². The monoisotopic (exact) mass is 421 g/mol. The average molecular weight is 422 g/mol. The Morgan fingerprint density at radius 2 is 1.97 bits per heavy atom. The molecule has 1 atom stereocenters. The Balaban J connectivity index is 1.67. The lowest BCUT2D eigenvalue weighted by Gasteiger charge is -2.26. The smallest absolute Gasteiger partial charge is 0.255 e. The minimum atomic E-state index is -0.240. The van der Waals surface area contributed by atoms with Crippen molar-refractivity contribution in [2.24, 2.45) is 0 Å². The molecule has 31 heavy (non-hydrogen) atoms. The molecule has 0 bridgehead atoms. The Hall–Kier alpha value is -2.93. The average Bonchev–Trinajstić information content (AvgIpc) is 3.24. The number of nitrogens with zero attached hydrogens (tertiary/aromatic N) is 3. The molecule has 164 valence electrons. The molecule has 0 saturated heterocycles. The van der Waals surface area contributed by atoms with Crippen LogP contribution in [0, 0.1) is 0 Å². The second-order valence-corrected chi connectivity index (χ2v) is 8.12. The summed E-state index contributed by atoms with van der Waals surface area (Å²) in [4.78, 5) is 18.0. The Labute approximate surface area is 183 Å². The normalized spacial score (nSPS) is 15.7. The van der Waals surface area contributed by atoms with Crippen LogP contribution < -0.4 is 10.6 Å². The van der Waals surface area contributed by atoms with Gasteiger partial charge in [0.2, 0.25) is 0 Å². The van der Waals surface area contributed by atoms with Crippen molar-refractivity contribution in [3.63, 3.8) is 0 Å². The van der Waals surface area contributed by atoms with Gasteiger partial charge in [0.25, 0.3) is 5.91 Å². The number of methoxy groups -OCH3 is 1. The van der Waals surface area contributed by atoms with Gasteiger partial charge >= 0.3 is 0 Å². The molecule has 0 spiro atoms. The minimum Gasteiger partial charge on any atom is -0.382 e. The highest BCUT2D eigenvalue weighted by atomic mass is 16.5. The third kappa shape index (κ3) is 4.71. The number of aromatic nitrogens is 3. The summed E-state index contributed by atoms with van der Waals surface area (Å²) < 4.78 is 7.24. The maximum Gasteiger partial charge on any atom is 0.255 e. The molecule has 3 aromatic rings. The summed E-state index contributed by atoms with van der Waals surface area (Å²) >= 11 is 0. The van der Waals surface area contributed by atoms with E-state index in [1.807, 2.05) is 48.1 Å². The van der Waals surface area contributed by atoms with Gasteiger partial charge in [0.05, 0.1) is 35.5 Å². The number of hydrogen-bond acceptors (Lipinski definition) is 5. The predicted molar refractivity (Wildman–Crippen MR) is 122 cm³/mol. The number of carbonyl (C=O) groups excluding carboxylic acids is 1. The molecule has 7 nitrogen and oxygen atoms in total. The van der Waals surface area contributed by atoms with E-state index >= 15 is 0 Å². The molecule has 1 amide bonds. The summed E-state index contributed by atoms with van der Waals surface area (Å²) in [5, 5.41) is 12.2. The predicted octanol–water partition coefficient (Wildman–Crippen LogP) is 4.31. The number of aryl methyl sites for hydroxylation is 1. The summed E-state index contributed by atoms with van der Waals surface area (Å²) in [6.07, 6.45) is 9.42. The van der Waals surface area contributed by atoms with Crippen molar-refractivity contribution in [2.75, 3.05) is 19.0 Å². The maximum atomic E-state index is 13.4. The van der Waals surface area contributed by atoms with Gasteiger partial charge in [-0.1, -0.05) is 49.6 Å². The fourth-order valence-electron chi connectivity index (χ4n) is 4.35. The first-order valence-corrected chi connectivity index (χ1v) is 11.2. The first-order valence-electron chi connectivity index (χ1n) is 11.2. The van der Waals surface area contributed by atoms with Crippen LogP contribution in [0.5, 0.6) is 0 Å². The lowest BCUT2D eigenvalue weighted by atomic mass is 9.95. The Morgan fingerprint density at radius 1 is 1.19 bits per heavy atom. The van der Waals surface area contributed by atoms with E-state index < -0.39 is 0 Å². The number of carbonyl (C=O) groups is 1. The van der Waals surface area contributed by atoms with E-state index in [-0.39, 0.29) is 11.9 Å². The van der Waals surface area contributed by atoms with E-state index in [9.17, 15) is 4.79 Å². The van der Waals surface area contributed by atoms with Crippen LogP contribution in [0.2, 0.25) is 0 Å². The van der Waals surface area contributed by atoms with Crippen molar-refractivity contribution < 1.29 is 9.53 Å². The zero-order chi connectivity index (χ0) is 21.6. The van der Waals surface area contributed by atoms with Crippen molar-refractivity contribution in [1.82, 2.24) is 20.1 Å². The van der Waals surface area contributed by atoms with Gasteiger partial charge in [-0.3, -0.25) is 4.79 Å². The quantitative estimate of drug-likeness (QED) is 0.566. The highest BCUT2D eigenvalue weighted by Gasteiger charge is 2.24. The van der Waals surface area contributed by atoms with Crippen LogP contribution in [-0.2, 0) is 11.3 Å². The van der Waals surface area contributed by atoms with Crippen molar-refractivity contribution in [3.05, 3.63) is 53.9 Å². The number of anilines is 1.